The van der Waals surface area contributed by atoms with Crippen LogP contribution in [-0.4, -0.2) is 0 Å². The first-order valence-electron chi connectivity index (χ1n) is 14.4. The molecule has 5 aromatic carbocycles. The molecule has 0 bridgehead atoms. The topological polar surface area (TPSA) is 0 Å². The summed E-state index contributed by atoms with van der Waals surface area (Å²) < 4.78 is 0. The van der Waals surface area contributed by atoms with Gasteiger partial charge in [-0.3, -0.25) is 0 Å². The second-order valence-corrected chi connectivity index (χ2v) is 11.1. The van der Waals surface area contributed by atoms with Crippen molar-refractivity contribution in [2.45, 2.75) is 34.1 Å². The molecule has 0 N–H and O–H groups in total. The molecule has 0 aromatic heterocycles. The van der Waals surface area contributed by atoms with Gasteiger partial charge in [0.15, 0.2) is 0 Å². The van der Waals surface area contributed by atoms with E-state index in [1.165, 1.54) is 71.6 Å². The van der Waals surface area contributed by atoms with Crippen molar-refractivity contribution in [2.24, 2.45) is 5.92 Å². The summed E-state index contributed by atoms with van der Waals surface area (Å²) in [4.78, 5) is 0. The average molecular weight is 517 g/mol. The molecule has 196 valence electrons. The molecule has 0 amide bonds. The van der Waals surface area contributed by atoms with Crippen LogP contribution in [0.2, 0.25) is 0 Å². The van der Waals surface area contributed by atoms with E-state index in [1.807, 2.05) is 0 Å². The molecular formula is C40H36. The van der Waals surface area contributed by atoms with Crippen LogP contribution in [0.1, 0.15) is 37.0 Å². The normalized spacial score (nSPS) is 16.4. The van der Waals surface area contributed by atoms with Gasteiger partial charge in [0.25, 0.3) is 0 Å². The number of aryl methyl sites for hydroxylation is 2. The number of hydrogen-bond donors (Lipinski definition) is 0. The molecule has 0 aliphatic heterocycles. The van der Waals surface area contributed by atoms with E-state index < -0.39 is 0 Å². The van der Waals surface area contributed by atoms with Crippen molar-refractivity contribution >= 4 is 27.1 Å². The van der Waals surface area contributed by atoms with E-state index in [-0.39, 0.29) is 0 Å². The highest BCUT2D eigenvalue weighted by molar-refractivity contribution is 6.09. The minimum atomic E-state index is 0.437. The number of rotatable bonds is 5. The van der Waals surface area contributed by atoms with Crippen molar-refractivity contribution in [3.8, 4) is 22.3 Å². The van der Waals surface area contributed by atoms with Gasteiger partial charge in [-0.15, -0.1) is 0 Å². The molecule has 0 nitrogen and oxygen atoms in total. The zero-order valence-electron chi connectivity index (χ0n) is 23.9. The average Bonchev–Trinajstić information content (AvgIpc) is 2.99. The summed E-state index contributed by atoms with van der Waals surface area (Å²) in [7, 11) is 0. The van der Waals surface area contributed by atoms with Crippen LogP contribution >= 0.6 is 0 Å². The minimum absolute atomic E-state index is 0.437. The monoisotopic (exact) mass is 516 g/mol. The van der Waals surface area contributed by atoms with Crippen LogP contribution in [-0.2, 0) is 0 Å². The summed E-state index contributed by atoms with van der Waals surface area (Å²) in [6.45, 7) is 8.81. The predicted molar refractivity (Wildman–Crippen MR) is 176 cm³/mol. The van der Waals surface area contributed by atoms with E-state index >= 15 is 0 Å². The zero-order chi connectivity index (χ0) is 27.6. The molecule has 1 unspecified atom stereocenters. The lowest BCUT2D eigenvalue weighted by molar-refractivity contribution is 0.884. The van der Waals surface area contributed by atoms with E-state index in [0.717, 1.165) is 6.42 Å². The maximum atomic E-state index is 2.36. The largest absolute Gasteiger partial charge is 0.0773 e. The molecule has 0 heteroatoms. The third-order valence-corrected chi connectivity index (χ3v) is 8.30. The van der Waals surface area contributed by atoms with Gasteiger partial charge in [0.2, 0.25) is 0 Å². The summed E-state index contributed by atoms with van der Waals surface area (Å²) in [6.07, 6.45) is 14.5. The fourth-order valence-corrected chi connectivity index (χ4v) is 5.71. The van der Waals surface area contributed by atoms with E-state index in [4.69, 9.17) is 0 Å². The Hall–Kier alpha value is -4.42. The van der Waals surface area contributed by atoms with Crippen LogP contribution in [0.3, 0.4) is 0 Å². The van der Waals surface area contributed by atoms with Crippen LogP contribution in [0.15, 0.2) is 133 Å². The fraction of sp³-hybridized carbons (Fsp3) is 0.150. The molecular weight excluding hydrogens is 480 g/mol. The van der Waals surface area contributed by atoms with Gasteiger partial charge < -0.3 is 0 Å². The van der Waals surface area contributed by atoms with Crippen molar-refractivity contribution in [1.82, 2.24) is 0 Å². The van der Waals surface area contributed by atoms with Crippen molar-refractivity contribution in [3.63, 3.8) is 0 Å². The lowest BCUT2D eigenvalue weighted by Gasteiger charge is -2.14. The number of fused-ring (bicyclic) bond motifs is 3. The smallest absolute Gasteiger partial charge is 0.000710 e. The number of hydrogen-bond acceptors (Lipinski definition) is 0. The van der Waals surface area contributed by atoms with Crippen LogP contribution in [0, 0.1) is 19.8 Å². The Morgan fingerprint density at radius 3 is 1.95 bits per heavy atom. The van der Waals surface area contributed by atoms with Crippen LogP contribution < -0.4 is 0 Å². The molecule has 0 spiro atoms. The summed E-state index contributed by atoms with van der Waals surface area (Å²) in [6, 6.07) is 34.0. The van der Waals surface area contributed by atoms with E-state index in [9.17, 15) is 0 Å². The third-order valence-electron chi connectivity index (χ3n) is 8.30. The highest BCUT2D eigenvalue weighted by Crippen LogP contribution is 2.33. The van der Waals surface area contributed by atoms with E-state index in [0.29, 0.717) is 5.92 Å². The molecule has 0 saturated heterocycles. The zero-order valence-corrected chi connectivity index (χ0v) is 23.9. The van der Waals surface area contributed by atoms with Crippen molar-refractivity contribution in [3.05, 3.63) is 150 Å². The molecule has 1 aliphatic carbocycles. The Morgan fingerprint density at radius 1 is 0.650 bits per heavy atom. The number of allylic oxidation sites excluding steroid dienone is 8. The highest BCUT2D eigenvalue weighted by atomic mass is 14.1. The fourth-order valence-electron chi connectivity index (χ4n) is 5.71. The molecule has 40 heavy (non-hydrogen) atoms. The summed E-state index contributed by atoms with van der Waals surface area (Å²) >= 11 is 0. The Morgan fingerprint density at radius 2 is 1.27 bits per heavy atom. The first kappa shape index (κ1) is 25.8. The maximum absolute atomic E-state index is 2.36. The second kappa shape index (κ2) is 11.0. The van der Waals surface area contributed by atoms with Gasteiger partial charge in [0.05, 0.1) is 0 Å². The molecule has 0 heterocycles. The second-order valence-electron chi connectivity index (χ2n) is 11.1. The Labute approximate surface area is 238 Å². The summed E-state index contributed by atoms with van der Waals surface area (Å²) in [5.74, 6) is 0.437. The van der Waals surface area contributed by atoms with Gasteiger partial charge in [-0.25, -0.2) is 0 Å². The Balaban J connectivity index is 1.32. The molecule has 5 aromatic rings. The predicted octanol–water partition coefficient (Wildman–Crippen LogP) is 11.4. The Kier molecular flexibility index (Phi) is 7.10. The van der Waals surface area contributed by atoms with Gasteiger partial charge >= 0.3 is 0 Å². The first-order chi connectivity index (χ1) is 19.5. The van der Waals surface area contributed by atoms with Gasteiger partial charge in [-0.1, -0.05) is 129 Å². The standard InChI is InChI=1S/C40H36/c1-5-8-33(24-32-10-7-6-9-28(32)3)36-20-22-40-38(26-36)18-17-37-25-35(19-21-39(37)40)31-15-13-30(14-16-31)34-12-11-27(2)29(4)23-34/h6-26,28H,5H2,1-4H3/b32-24-,33-8?. The quantitative estimate of drug-likeness (QED) is 0.204. The lowest BCUT2D eigenvalue weighted by Crippen LogP contribution is -1.97. The highest BCUT2D eigenvalue weighted by Gasteiger charge is 2.10. The Bertz CT molecular complexity index is 1840. The van der Waals surface area contributed by atoms with Crippen molar-refractivity contribution in [1.29, 1.82) is 0 Å². The molecule has 0 fully saturated rings. The number of benzene rings is 5. The van der Waals surface area contributed by atoms with E-state index in [1.54, 1.807) is 0 Å². The van der Waals surface area contributed by atoms with E-state index in [2.05, 4.69) is 155 Å². The van der Waals surface area contributed by atoms with Gasteiger partial charge in [-0.2, -0.15) is 0 Å². The van der Waals surface area contributed by atoms with Crippen molar-refractivity contribution < 1.29 is 0 Å². The molecule has 0 saturated carbocycles. The first-order valence-corrected chi connectivity index (χ1v) is 14.4. The summed E-state index contributed by atoms with van der Waals surface area (Å²) in [5, 5.41) is 5.15. The molecule has 1 aliphatic rings. The minimum Gasteiger partial charge on any atom is -0.0773 e. The molecule has 1 atom stereocenters. The van der Waals surface area contributed by atoms with Crippen LogP contribution in [0.4, 0.5) is 0 Å². The van der Waals surface area contributed by atoms with Crippen LogP contribution in [0.5, 0.6) is 0 Å². The van der Waals surface area contributed by atoms with Gasteiger partial charge in [0.1, 0.15) is 0 Å². The van der Waals surface area contributed by atoms with Crippen molar-refractivity contribution in [2.75, 3.05) is 0 Å². The maximum Gasteiger partial charge on any atom is -0.000710 e. The SMILES string of the molecule is CCC=C(/C=C1/C=CC=CC1C)c1ccc2c(ccc3cc(-c4ccc(-c5ccc(C)c(C)c5)cc4)ccc32)c1. The van der Waals surface area contributed by atoms with Crippen LogP contribution in [0.25, 0.3) is 49.4 Å². The van der Waals surface area contributed by atoms with Gasteiger partial charge in [0, 0.05) is 0 Å². The van der Waals surface area contributed by atoms with Gasteiger partial charge in [-0.05, 0) is 110 Å². The third kappa shape index (κ3) is 5.10. The molecule has 6 rings (SSSR count). The molecule has 0 radical (unpaired) electrons. The lowest BCUT2D eigenvalue weighted by atomic mass is 9.91. The summed E-state index contributed by atoms with van der Waals surface area (Å²) in [5.41, 5.74) is 11.6.